The summed E-state index contributed by atoms with van der Waals surface area (Å²) in [4.78, 5) is 0. The monoisotopic (exact) mass is 275 g/mol. The summed E-state index contributed by atoms with van der Waals surface area (Å²) in [5, 5.41) is 8.71. The minimum atomic E-state index is 0.730. The van der Waals surface area contributed by atoms with Gasteiger partial charge in [0, 0.05) is 18.8 Å². The highest BCUT2D eigenvalue weighted by atomic mass is 35.5. The summed E-state index contributed by atoms with van der Waals surface area (Å²) in [6, 6.07) is 9.25. The van der Waals surface area contributed by atoms with Crippen molar-refractivity contribution in [2.45, 2.75) is 38.9 Å². The standard InChI is InChI=1S/C15H18ClN3/c1-11-15(16)10-19(18-11)9-13-5-3-2-4-12(13)8-17-14-6-7-14/h2-5,10,14,17H,6-9H2,1H3. The molecule has 1 heterocycles. The van der Waals surface area contributed by atoms with E-state index < -0.39 is 0 Å². The van der Waals surface area contributed by atoms with Gasteiger partial charge in [0.15, 0.2) is 0 Å². The average molecular weight is 276 g/mol. The minimum Gasteiger partial charge on any atom is -0.310 e. The van der Waals surface area contributed by atoms with E-state index in [1.54, 1.807) is 0 Å². The van der Waals surface area contributed by atoms with E-state index in [0.29, 0.717) is 0 Å². The van der Waals surface area contributed by atoms with Gasteiger partial charge in [0.25, 0.3) is 0 Å². The zero-order chi connectivity index (χ0) is 13.2. The van der Waals surface area contributed by atoms with Crippen molar-refractivity contribution in [1.29, 1.82) is 0 Å². The van der Waals surface area contributed by atoms with Crippen molar-refractivity contribution in [3.8, 4) is 0 Å². The third-order valence-corrected chi connectivity index (χ3v) is 3.87. The topological polar surface area (TPSA) is 29.9 Å². The Balaban J connectivity index is 1.75. The molecule has 2 aromatic rings. The van der Waals surface area contributed by atoms with E-state index in [4.69, 9.17) is 11.6 Å². The molecule has 1 saturated carbocycles. The summed E-state index contributed by atoms with van der Waals surface area (Å²) in [7, 11) is 0. The normalized spacial score (nSPS) is 14.8. The van der Waals surface area contributed by atoms with Crippen LogP contribution in [0.25, 0.3) is 0 Å². The molecular weight excluding hydrogens is 258 g/mol. The van der Waals surface area contributed by atoms with Gasteiger partial charge in [-0.2, -0.15) is 5.10 Å². The highest BCUT2D eigenvalue weighted by molar-refractivity contribution is 6.31. The van der Waals surface area contributed by atoms with Crippen LogP contribution in [0, 0.1) is 6.92 Å². The number of aromatic nitrogens is 2. The molecule has 0 spiro atoms. The van der Waals surface area contributed by atoms with Gasteiger partial charge in [-0.1, -0.05) is 35.9 Å². The molecule has 4 heteroatoms. The maximum absolute atomic E-state index is 6.05. The minimum absolute atomic E-state index is 0.730. The predicted octanol–water partition coefficient (Wildman–Crippen LogP) is 3.15. The lowest BCUT2D eigenvalue weighted by molar-refractivity contribution is 0.650. The second kappa shape index (κ2) is 5.35. The Morgan fingerprint density at radius 1 is 1.32 bits per heavy atom. The number of hydrogen-bond donors (Lipinski definition) is 1. The number of aryl methyl sites for hydroxylation is 1. The number of rotatable bonds is 5. The first kappa shape index (κ1) is 12.7. The largest absolute Gasteiger partial charge is 0.310 e. The Bertz CT molecular complexity index is 553. The van der Waals surface area contributed by atoms with Crippen LogP contribution in [0.1, 0.15) is 29.7 Å². The van der Waals surface area contributed by atoms with Gasteiger partial charge in [0.1, 0.15) is 0 Å². The van der Waals surface area contributed by atoms with Gasteiger partial charge in [-0.05, 0) is 30.9 Å². The van der Waals surface area contributed by atoms with Crippen molar-refractivity contribution in [1.82, 2.24) is 15.1 Å². The highest BCUT2D eigenvalue weighted by Crippen LogP contribution is 2.20. The third kappa shape index (κ3) is 3.17. The Morgan fingerprint density at radius 2 is 2.05 bits per heavy atom. The molecule has 0 aliphatic heterocycles. The van der Waals surface area contributed by atoms with Crippen molar-refractivity contribution in [2.24, 2.45) is 0 Å². The third-order valence-electron chi connectivity index (χ3n) is 3.50. The van der Waals surface area contributed by atoms with Crippen molar-refractivity contribution >= 4 is 11.6 Å². The van der Waals surface area contributed by atoms with Crippen molar-refractivity contribution < 1.29 is 0 Å². The molecule has 0 bridgehead atoms. The van der Waals surface area contributed by atoms with E-state index in [9.17, 15) is 0 Å². The molecule has 0 unspecified atom stereocenters. The molecule has 1 aromatic heterocycles. The fourth-order valence-electron chi connectivity index (χ4n) is 2.18. The van der Waals surface area contributed by atoms with Crippen LogP contribution in [0.3, 0.4) is 0 Å². The van der Waals surface area contributed by atoms with Crippen molar-refractivity contribution in [3.05, 3.63) is 52.3 Å². The zero-order valence-corrected chi connectivity index (χ0v) is 11.8. The van der Waals surface area contributed by atoms with Gasteiger partial charge in [0.05, 0.1) is 17.3 Å². The molecule has 100 valence electrons. The van der Waals surface area contributed by atoms with Gasteiger partial charge in [-0.25, -0.2) is 0 Å². The van der Waals surface area contributed by atoms with E-state index in [0.717, 1.165) is 29.8 Å². The average Bonchev–Trinajstić information content (AvgIpc) is 3.16. The predicted molar refractivity (Wildman–Crippen MR) is 77.4 cm³/mol. The summed E-state index contributed by atoms with van der Waals surface area (Å²) in [5.41, 5.74) is 3.53. The zero-order valence-electron chi connectivity index (χ0n) is 11.1. The number of hydrogen-bond acceptors (Lipinski definition) is 2. The molecular formula is C15H18ClN3. The Kier molecular flexibility index (Phi) is 3.58. The molecule has 3 rings (SSSR count). The molecule has 1 N–H and O–H groups in total. The van der Waals surface area contributed by atoms with Gasteiger partial charge in [-0.3, -0.25) is 4.68 Å². The fourth-order valence-corrected chi connectivity index (χ4v) is 2.33. The second-order valence-electron chi connectivity index (χ2n) is 5.18. The summed E-state index contributed by atoms with van der Waals surface area (Å²) in [5.74, 6) is 0. The van der Waals surface area contributed by atoms with Crippen molar-refractivity contribution in [2.75, 3.05) is 0 Å². The smallest absolute Gasteiger partial charge is 0.0815 e. The van der Waals surface area contributed by atoms with E-state index in [1.807, 2.05) is 17.8 Å². The van der Waals surface area contributed by atoms with Crippen LogP contribution >= 0.6 is 11.6 Å². The summed E-state index contributed by atoms with van der Waals surface area (Å²) < 4.78 is 1.91. The molecule has 0 radical (unpaired) electrons. The molecule has 0 saturated heterocycles. The maximum Gasteiger partial charge on any atom is 0.0815 e. The Labute approximate surface area is 118 Å². The van der Waals surface area contributed by atoms with Crippen molar-refractivity contribution in [3.63, 3.8) is 0 Å². The molecule has 1 aromatic carbocycles. The quantitative estimate of drug-likeness (QED) is 0.908. The van der Waals surface area contributed by atoms with Crippen LogP contribution in [-0.2, 0) is 13.1 Å². The van der Waals surface area contributed by atoms with Gasteiger partial charge < -0.3 is 5.32 Å². The lowest BCUT2D eigenvalue weighted by Crippen LogP contribution is -2.17. The summed E-state index contributed by atoms with van der Waals surface area (Å²) in [6.45, 7) is 3.64. The molecule has 3 nitrogen and oxygen atoms in total. The lowest BCUT2D eigenvalue weighted by atomic mass is 10.1. The number of halogens is 1. The first-order valence-corrected chi connectivity index (χ1v) is 7.10. The van der Waals surface area contributed by atoms with Crippen LogP contribution < -0.4 is 5.32 Å². The SMILES string of the molecule is Cc1nn(Cc2ccccc2CNC2CC2)cc1Cl. The fraction of sp³-hybridized carbons (Fsp3) is 0.400. The number of nitrogens with one attached hydrogen (secondary N) is 1. The van der Waals surface area contributed by atoms with Crippen LogP contribution in [0.4, 0.5) is 0 Å². The van der Waals surface area contributed by atoms with Gasteiger partial charge in [0.2, 0.25) is 0 Å². The number of nitrogens with zero attached hydrogens (tertiary/aromatic N) is 2. The van der Waals surface area contributed by atoms with Gasteiger partial charge in [-0.15, -0.1) is 0 Å². The van der Waals surface area contributed by atoms with Gasteiger partial charge >= 0.3 is 0 Å². The lowest BCUT2D eigenvalue weighted by Gasteiger charge is -2.10. The Hall–Kier alpha value is -1.32. The van der Waals surface area contributed by atoms with E-state index >= 15 is 0 Å². The maximum atomic E-state index is 6.05. The molecule has 1 fully saturated rings. The first-order chi connectivity index (χ1) is 9.22. The molecule has 0 atom stereocenters. The van der Waals surface area contributed by atoms with E-state index in [-0.39, 0.29) is 0 Å². The highest BCUT2D eigenvalue weighted by Gasteiger charge is 2.20. The molecule has 0 amide bonds. The van der Waals surface area contributed by atoms with Crippen LogP contribution in [-0.4, -0.2) is 15.8 Å². The molecule has 1 aliphatic rings. The second-order valence-corrected chi connectivity index (χ2v) is 5.59. The van der Waals surface area contributed by atoms with Crippen LogP contribution in [0.5, 0.6) is 0 Å². The van der Waals surface area contributed by atoms with E-state index in [1.165, 1.54) is 24.0 Å². The summed E-state index contributed by atoms with van der Waals surface area (Å²) in [6.07, 6.45) is 4.52. The van der Waals surface area contributed by atoms with Crippen LogP contribution in [0.15, 0.2) is 30.5 Å². The van der Waals surface area contributed by atoms with Crippen LogP contribution in [0.2, 0.25) is 5.02 Å². The number of benzene rings is 1. The molecule has 1 aliphatic carbocycles. The first-order valence-electron chi connectivity index (χ1n) is 6.72. The Morgan fingerprint density at radius 3 is 2.68 bits per heavy atom. The molecule has 19 heavy (non-hydrogen) atoms. The summed E-state index contributed by atoms with van der Waals surface area (Å²) >= 11 is 6.05. The van der Waals surface area contributed by atoms with E-state index in [2.05, 4.69) is 34.7 Å².